The summed E-state index contributed by atoms with van der Waals surface area (Å²) in [5, 5.41) is 2.47. The fourth-order valence-electron chi connectivity index (χ4n) is 14.1. The maximum absolute atomic E-state index is 7.11. The van der Waals surface area contributed by atoms with Crippen molar-refractivity contribution in [3.63, 3.8) is 0 Å². The van der Waals surface area contributed by atoms with E-state index in [0.29, 0.717) is 0 Å². The van der Waals surface area contributed by atoms with Crippen LogP contribution >= 0.6 is 0 Å². The van der Waals surface area contributed by atoms with E-state index in [1.807, 2.05) is 6.08 Å². The smallest absolute Gasteiger partial charge is 0.132 e. The molecule has 0 saturated carbocycles. The Hall–Kier alpha value is -9.40. The molecule has 1 spiro atoms. The number of para-hydroxylation sites is 3. The molecule has 0 fully saturated rings. The van der Waals surface area contributed by atoms with E-state index in [-0.39, 0.29) is 10.8 Å². The van der Waals surface area contributed by atoms with Crippen molar-refractivity contribution in [3.8, 4) is 33.8 Å². The van der Waals surface area contributed by atoms with Gasteiger partial charge in [0.1, 0.15) is 11.5 Å². The molecule has 1 aromatic heterocycles. The number of hydrogen-bond donors (Lipinski definition) is 0. The predicted octanol–water partition coefficient (Wildman–Crippen LogP) is 19.5. The van der Waals surface area contributed by atoms with Crippen LogP contribution in [0.5, 0.6) is 11.5 Å². The van der Waals surface area contributed by atoms with E-state index < -0.39 is 5.41 Å². The van der Waals surface area contributed by atoms with Crippen LogP contribution in [0.15, 0.2) is 255 Å². The standard InChI is InChI=1S/C75H56N2O/c1-7-8-23-53-47(2)73(3,4)64-45-51(39-41-56(53)64)76(52-40-42-57-54-24-9-13-29-61(54)74(5,6)65(57)46-52)69-34-20-28-60-55-25-10-14-30-62(55)75(72(60)69)63-31-15-18-35-70(63)78-71-43-37-49(44-66(71)75)48-21-19-22-50(38-36-48)77-67-32-16-11-26-58(67)59-27-12-17-33-68(59)77/h7-18,20-46H,1H2,2-6H3/b23-8-. The van der Waals surface area contributed by atoms with Crippen molar-refractivity contribution in [1.29, 1.82) is 0 Å². The molecule has 1 atom stereocenters. The molecule has 0 radical (unpaired) electrons. The zero-order chi connectivity index (χ0) is 52.7. The highest BCUT2D eigenvalue weighted by molar-refractivity contribution is 6.10. The summed E-state index contributed by atoms with van der Waals surface area (Å²) >= 11 is 0. The highest BCUT2D eigenvalue weighted by Crippen LogP contribution is 2.65. The molecule has 1 aliphatic heterocycles. The Kier molecular flexibility index (Phi) is 9.90. The van der Waals surface area contributed by atoms with Crippen molar-refractivity contribution in [3.05, 3.63) is 305 Å². The lowest BCUT2D eigenvalue weighted by molar-refractivity contribution is 0.436. The number of anilines is 3. The van der Waals surface area contributed by atoms with Crippen LogP contribution < -0.4 is 9.64 Å². The average molecular weight is 1000 g/mol. The first-order valence-corrected chi connectivity index (χ1v) is 27.3. The second-order valence-corrected chi connectivity index (χ2v) is 22.6. The SMILES string of the molecule is C=C/C=C\C1=C(C)C(C)(C)c2cc(N(c3ccc4c(c3)C(C)(C)c3ccccc3-4)c3cccc4c3C3(c5ccccc5Oc5ccc(C6=CC=C(n7c8ccccc8c8ccccc87)C=C=C6)cc53)c3ccccc3-4)ccc21. The lowest BCUT2D eigenvalue weighted by Crippen LogP contribution is -2.33. The number of aromatic nitrogens is 1. The van der Waals surface area contributed by atoms with Crippen LogP contribution in [0, 0.1) is 0 Å². The maximum atomic E-state index is 7.11. The fourth-order valence-corrected chi connectivity index (χ4v) is 14.1. The molecular weight excluding hydrogens is 945 g/mol. The van der Waals surface area contributed by atoms with E-state index in [4.69, 9.17) is 4.74 Å². The normalized spacial score (nSPS) is 17.4. The van der Waals surface area contributed by atoms with Crippen LogP contribution in [-0.2, 0) is 16.2 Å². The molecule has 0 saturated heterocycles. The van der Waals surface area contributed by atoms with Crippen LogP contribution in [0.4, 0.5) is 17.1 Å². The highest BCUT2D eigenvalue weighted by atomic mass is 16.5. The van der Waals surface area contributed by atoms with Gasteiger partial charge in [-0.05, 0) is 147 Å². The molecule has 3 heteroatoms. The number of hydrogen-bond acceptors (Lipinski definition) is 2. The van der Waals surface area contributed by atoms with E-state index in [0.717, 1.165) is 56.5 Å². The molecule has 3 nitrogen and oxygen atoms in total. The highest BCUT2D eigenvalue weighted by Gasteiger charge is 2.53. The molecule has 78 heavy (non-hydrogen) atoms. The summed E-state index contributed by atoms with van der Waals surface area (Å²) in [4.78, 5) is 2.57. The van der Waals surface area contributed by atoms with E-state index in [2.05, 4.69) is 287 Å². The number of fused-ring (bicyclic) bond motifs is 16. The summed E-state index contributed by atoms with van der Waals surface area (Å²) in [6.07, 6.45) is 14.9. The first kappa shape index (κ1) is 45.9. The van der Waals surface area contributed by atoms with E-state index in [1.165, 1.54) is 88.6 Å². The Morgan fingerprint density at radius 2 is 1.12 bits per heavy atom. The van der Waals surface area contributed by atoms with Gasteiger partial charge < -0.3 is 14.2 Å². The van der Waals surface area contributed by atoms with Gasteiger partial charge in [0.2, 0.25) is 0 Å². The van der Waals surface area contributed by atoms with Gasteiger partial charge in [0.25, 0.3) is 0 Å². The molecule has 2 heterocycles. The molecule has 0 N–H and O–H groups in total. The number of nitrogens with zero attached hydrogens (tertiary/aromatic N) is 2. The van der Waals surface area contributed by atoms with Gasteiger partial charge in [-0.15, -0.1) is 5.73 Å². The predicted molar refractivity (Wildman–Crippen MR) is 325 cm³/mol. The van der Waals surface area contributed by atoms with E-state index >= 15 is 0 Å². The molecule has 4 aliphatic carbocycles. The Morgan fingerprint density at radius 1 is 0.513 bits per heavy atom. The van der Waals surface area contributed by atoms with Gasteiger partial charge in [-0.3, -0.25) is 0 Å². The second kappa shape index (κ2) is 16.8. The summed E-state index contributed by atoms with van der Waals surface area (Å²) in [6, 6.07) is 72.3. The van der Waals surface area contributed by atoms with Crippen molar-refractivity contribution in [2.45, 2.75) is 50.9 Å². The molecule has 15 rings (SSSR count). The molecule has 5 aliphatic rings. The number of rotatable bonds is 7. The Morgan fingerprint density at radius 3 is 1.86 bits per heavy atom. The van der Waals surface area contributed by atoms with Gasteiger partial charge in [-0.2, -0.15) is 0 Å². The van der Waals surface area contributed by atoms with Gasteiger partial charge in [0, 0.05) is 55.7 Å². The maximum Gasteiger partial charge on any atom is 0.132 e. The third-order valence-corrected chi connectivity index (χ3v) is 18.0. The van der Waals surface area contributed by atoms with Crippen molar-refractivity contribution in [1.82, 2.24) is 4.57 Å². The average Bonchev–Trinajstić information content (AvgIpc) is 3.08. The summed E-state index contributed by atoms with van der Waals surface area (Å²) in [5.74, 6) is 1.70. The summed E-state index contributed by atoms with van der Waals surface area (Å²) in [7, 11) is 0. The van der Waals surface area contributed by atoms with Gasteiger partial charge in [0.15, 0.2) is 0 Å². The third-order valence-electron chi connectivity index (χ3n) is 18.0. The molecule has 1 unspecified atom stereocenters. The lowest BCUT2D eigenvalue weighted by Gasteiger charge is -2.42. The second-order valence-electron chi connectivity index (χ2n) is 22.6. The van der Waals surface area contributed by atoms with Crippen molar-refractivity contribution in [2.75, 3.05) is 4.90 Å². The van der Waals surface area contributed by atoms with Crippen LogP contribution in [0.3, 0.4) is 0 Å². The monoisotopic (exact) mass is 1000 g/mol. The zero-order valence-electron chi connectivity index (χ0n) is 44.5. The minimum absolute atomic E-state index is 0.207. The Bertz CT molecular complexity index is 4440. The van der Waals surface area contributed by atoms with Crippen molar-refractivity contribution in [2.24, 2.45) is 0 Å². The number of ether oxygens (including phenoxy) is 1. The van der Waals surface area contributed by atoms with Crippen molar-refractivity contribution < 1.29 is 4.74 Å². The Labute approximate surface area is 456 Å². The Balaban J connectivity index is 0.976. The fraction of sp³-hybridized carbons (Fsp3) is 0.107. The van der Waals surface area contributed by atoms with E-state index in [1.54, 1.807) is 0 Å². The molecule has 10 aromatic rings. The minimum Gasteiger partial charge on any atom is -0.457 e. The third kappa shape index (κ3) is 6.28. The first-order valence-electron chi connectivity index (χ1n) is 27.3. The van der Waals surface area contributed by atoms with Crippen LogP contribution in [0.25, 0.3) is 60.9 Å². The van der Waals surface area contributed by atoms with Gasteiger partial charge in [-0.1, -0.05) is 198 Å². The minimum atomic E-state index is -0.793. The molecule has 0 bridgehead atoms. The molecular formula is C75H56N2O. The largest absolute Gasteiger partial charge is 0.457 e. The summed E-state index contributed by atoms with van der Waals surface area (Å²) in [6.45, 7) is 15.8. The molecule has 0 amide bonds. The van der Waals surface area contributed by atoms with Gasteiger partial charge in [-0.25, -0.2) is 0 Å². The number of benzene rings is 9. The lowest BCUT2D eigenvalue weighted by atomic mass is 9.65. The zero-order valence-corrected chi connectivity index (χ0v) is 44.5. The van der Waals surface area contributed by atoms with Gasteiger partial charge in [0.05, 0.1) is 27.8 Å². The summed E-state index contributed by atoms with van der Waals surface area (Å²) in [5.41, 5.74) is 28.9. The van der Waals surface area contributed by atoms with Crippen LogP contribution in [-0.4, -0.2) is 4.57 Å². The molecule has 372 valence electrons. The first-order chi connectivity index (χ1) is 38.1. The van der Waals surface area contributed by atoms with Gasteiger partial charge >= 0.3 is 0 Å². The topological polar surface area (TPSA) is 17.4 Å². The number of allylic oxidation sites excluding steroid dienone is 10. The van der Waals surface area contributed by atoms with Crippen LogP contribution in [0.1, 0.15) is 84.7 Å². The van der Waals surface area contributed by atoms with Crippen molar-refractivity contribution >= 4 is 55.7 Å². The van der Waals surface area contributed by atoms with Crippen LogP contribution in [0.2, 0.25) is 0 Å². The van der Waals surface area contributed by atoms with E-state index in [9.17, 15) is 0 Å². The quantitative estimate of drug-likeness (QED) is 0.117. The molecule has 9 aromatic carbocycles. The summed E-state index contributed by atoms with van der Waals surface area (Å²) < 4.78 is 9.47.